The molecule has 25 heavy (non-hydrogen) atoms. The van der Waals surface area contributed by atoms with E-state index >= 15 is 0 Å². The highest BCUT2D eigenvalue weighted by Crippen LogP contribution is 2.38. The molecule has 145 valence electrons. The van der Waals surface area contributed by atoms with Crippen LogP contribution < -0.4 is 0 Å². The Labute approximate surface area is 155 Å². The van der Waals surface area contributed by atoms with Gasteiger partial charge in [0.1, 0.15) is 19.3 Å². The van der Waals surface area contributed by atoms with Crippen molar-refractivity contribution in [2.75, 3.05) is 24.7 Å². The van der Waals surface area contributed by atoms with E-state index in [4.69, 9.17) is 9.47 Å². The van der Waals surface area contributed by atoms with Crippen molar-refractivity contribution in [2.24, 2.45) is 0 Å². The van der Waals surface area contributed by atoms with Gasteiger partial charge in [0.25, 0.3) is 5.09 Å². The van der Waals surface area contributed by atoms with E-state index in [9.17, 15) is 20.1 Å². The van der Waals surface area contributed by atoms with Crippen molar-refractivity contribution < 1.29 is 29.4 Å². The van der Waals surface area contributed by atoms with Gasteiger partial charge in [-0.1, -0.05) is 21.6 Å². The van der Waals surface area contributed by atoms with Gasteiger partial charge >= 0.3 is 6.16 Å². The summed E-state index contributed by atoms with van der Waals surface area (Å²) in [7, 11) is 2.82. The first-order valence-corrected chi connectivity index (χ1v) is 10.4. The Kier molecular flexibility index (Phi) is 8.58. The van der Waals surface area contributed by atoms with Crippen LogP contribution in [-0.2, 0) is 19.5 Å². The lowest BCUT2D eigenvalue weighted by atomic mass is 9.80. The Balaban J connectivity index is 2.19. The fraction of sp³-hybridized carbons (Fsp3) is 0.929. The van der Waals surface area contributed by atoms with E-state index in [1.165, 1.54) is 21.6 Å². The summed E-state index contributed by atoms with van der Waals surface area (Å²) in [5, 5.41) is 22.4. The van der Waals surface area contributed by atoms with Crippen LogP contribution in [0.25, 0.3) is 0 Å². The van der Waals surface area contributed by atoms with E-state index in [1.807, 2.05) is 27.7 Å². The molecule has 0 spiro atoms. The van der Waals surface area contributed by atoms with Gasteiger partial charge in [-0.25, -0.2) is 4.79 Å². The van der Waals surface area contributed by atoms with Crippen molar-refractivity contribution in [2.45, 2.75) is 57.7 Å². The summed E-state index contributed by atoms with van der Waals surface area (Å²) in [6.45, 7) is 7.54. The topological polar surface area (TPSA) is 111 Å². The van der Waals surface area contributed by atoms with Gasteiger partial charge in [-0.2, -0.15) is 0 Å². The third-order valence-corrected chi connectivity index (χ3v) is 5.98. The van der Waals surface area contributed by atoms with E-state index in [0.717, 1.165) is 5.06 Å². The average molecular weight is 397 g/mol. The number of rotatable bonds is 9. The highest BCUT2D eigenvalue weighted by atomic mass is 33.1. The van der Waals surface area contributed by atoms with Crippen molar-refractivity contribution in [1.82, 2.24) is 5.06 Å². The lowest BCUT2D eigenvalue weighted by Crippen LogP contribution is -2.60. The van der Waals surface area contributed by atoms with Gasteiger partial charge in [0.2, 0.25) is 0 Å². The maximum Gasteiger partial charge on any atom is 0.508 e. The molecule has 0 bridgehead atoms. The zero-order chi connectivity index (χ0) is 19.1. The number of carbonyl (C=O) groups excluding carboxylic acids is 1. The maximum atomic E-state index is 12.2. The Hall–Kier alpha value is -0.910. The number of nitrogens with zero attached hydrogens (tertiary/aromatic N) is 2. The molecule has 1 aliphatic heterocycles. The highest BCUT2D eigenvalue weighted by Gasteiger charge is 2.47. The molecule has 0 amide bonds. The molecule has 0 aliphatic carbocycles. The SMILES string of the molecule is CC1(C)CC(OC(=O)OCCSSCCO[N+](=O)[O-])CC(C)(C)N1[O]. The smallest absolute Gasteiger partial charge is 0.433 e. The summed E-state index contributed by atoms with van der Waals surface area (Å²) < 4.78 is 10.4. The molecule has 0 N–H and O–H groups in total. The van der Waals surface area contributed by atoms with Crippen LogP contribution >= 0.6 is 21.6 Å². The molecule has 0 saturated carbocycles. The molecule has 1 saturated heterocycles. The Bertz CT molecular complexity index is 444. The van der Waals surface area contributed by atoms with Crippen LogP contribution in [0.4, 0.5) is 4.79 Å². The fourth-order valence-corrected chi connectivity index (χ4v) is 4.49. The first-order valence-electron chi connectivity index (χ1n) is 7.87. The summed E-state index contributed by atoms with van der Waals surface area (Å²) in [6.07, 6.45) is -0.186. The quantitative estimate of drug-likeness (QED) is 0.190. The molecular formula is C14H25N2O7S2. The molecule has 1 radical (unpaired) electrons. The molecule has 0 aromatic rings. The van der Waals surface area contributed by atoms with Crippen molar-refractivity contribution >= 4 is 27.7 Å². The molecular weight excluding hydrogens is 372 g/mol. The number of piperidine rings is 1. The van der Waals surface area contributed by atoms with Crippen molar-refractivity contribution in [3.63, 3.8) is 0 Å². The molecule has 0 atom stereocenters. The van der Waals surface area contributed by atoms with Gasteiger partial charge in [-0.05, 0) is 27.7 Å². The summed E-state index contributed by atoms with van der Waals surface area (Å²) in [4.78, 5) is 25.9. The zero-order valence-electron chi connectivity index (χ0n) is 14.9. The number of hydrogen-bond donors (Lipinski definition) is 0. The van der Waals surface area contributed by atoms with Crippen molar-refractivity contribution in [3.8, 4) is 0 Å². The van der Waals surface area contributed by atoms with E-state index in [0.29, 0.717) is 24.3 Å². The molecule has 0 aromatic carbocycles. The molecule has 0 unspecified atom stereocenters. The van der Waals surface area contributed by atoms with Gasteiger partial charge < -0.3 is 14.3 Å². The third-order valence-electron chi connectivity index (χ3n) is 3.65. The van der Waals surface area contributed by atoms with Crippen LogP contribution in [0, 0.1) is 10.1 Å². The molecule has 0 aromatic heterocycles. The molecule has 1 aliphatic rings. The van der Waals surface area contributed by atoms with Gasteiger partial charge in [-0.15, -0.1) is 20.4 Å². The van der Waals surface area contributed by atoms with Gasteiger partial charge in [0, 0.05) is 35.4 Å². The number of carbonyl (C=O) groups is 1. The van der Waals surface area contributed by atoms with Gasteiger partial charge in [0.05, 0.1) is 0 Å². The van der Waals surface area contributed by atoms with Crippen LogP contribution in [0.1, 0.15) is 40.5 Å². The summed E-state index contributed by atoms with van der Waals surface area (Å²) in [5.74, 6) is 1.00. The van der Waals surface area contributed by atoms with Crippen LogP contribution in [0.2, 0.25) is 0 Å². The van der Waals surface area contributed by atoms with Gasteiger partial charge in [-0.3, -0.25) is 0 Å². The van der Waals surface area contributed by atoms with Gasteiger partial charge in [0.15, 0.2) is 0 Å². The highest BCUT2D eigenvalue weighted by molar-refractivity contribution is 8.76. The predicted molar refractivity (Wildman–Crippen MR) is 94.0 cm³/mol. The minimum atomic E-state index is -0.829. The Morgan fingerprint density at radius 2 is 1.68 bits per heavy atom. The predicted octanol–water partition coefficient (Wildman–Crippen LogP) is 3.10. The van der Waals surface area contributed by atoms with Crippen LogP contribution in [0.5, 0.6) is 0 Å². The minimum Gasteiger partial charge on any atom is -0.433 e. The van der Waals surface area contributed by atoms with Crippen molar-refractivity contribution in [1.29, 1.82) is 0 Å². The van der Waals surface area contributed by atoms with Crippen molar-refractivity contribution in [3.05, 3.63) is 10.1 Å². The second-order valence-electron chi connectivity index (χ2n) is 6.87. The van der Waals surface area contributed by atoms with E-state index in [-0.39, 0.29) is 19.3 Å². The zero-order valence-corrected chi connectivity index (χ0v) is 16.5. The lowest BCUT2D eigenvalue weighted by molar-refractivity contribution is -0.756. The van der Waals surface area contributed by atoms with Crippen LogP contribution in [0.3, 0.4) is 0 Å². The van der Waals surface area contributed by atoms with Crippen LogP contribution in [0.15, 0.2) is 0 Å². The Morgan fingerprint density at radius 3 is 2.20 bits per heavy atom. The standard InChI is InChI=1S/C14H25N2O7S2/c1-13(2)9-11(10-14(3,4)15(13)18)23-12(17)21-5-7-24-25-8-6-22-16(19)20/h11H,5-10H2,1-4H3. The molecule has 1 heterocycles. The third kappa shape index (κ3) is 7.89. The number of ether oxygens (including phenoxy) is 2. The molecule has 11 heteroatoms. The molecule has 9 nitrogen and oxygen atoms in total. The monoisotopic (exact) mass is 397 g/mol. The maximum absolute atomic E-state index is 12.2. The summed E-state index contributed by atoms with van der Waals surface area (Å²) >= 11 is 0. The first kappa shape index (κ1) is 22.1. The lowest BCUT2D eigenvalue weighted by Gasteiger charge is -2.49. The fourth-order valence-electron chi connectivity index (χ4n) is 2.85. The van der Waals surface area contributed by atoms with E-state index in [1.54, 1.807) is 0 Å². The molecule has 1 fully saturated rings. The summed E-state index contributed by atoms with van der Waals surface area (Å²) in [5.41, 5.74) is -1.21. The largest absolute Gasteiger partial charge is 0.508 e. The number of hydroxylamine groups is 2. The second-order valence-corrected chi connectivity index (χ2v) is 9.57. The molecule has 1 rings (SSSR count). The minimum absolute atomic E-state index is 0.0253. The van der Waals surface area contributed by atoms with E-state index < -0.39 is 22.3 Å². The Morgan fingerprint density at radius 1 is 1.16 bits per heavy atom. The van der Waals surface area contributed by atoms with Crippen LogP contribution in [-0.4, -0.2) is 58.2 Å². The normalized spacial score (nSPS) is 20.0. The average Bonchev–Trinajstić information content (AvgIpc) is 2.46. The first-order chi connectivity index (χ1) is 11.5. The summed E-state index contributed by atoms with van der Waals surface area (Å²) in [6, 6.07) is 0. The second kappa shape index (κ2) is 9.70. The van der Waals surface area contributed by atoms with E-state index in [2.05, 4.69) is 4.84 Å². The number of hydrogen-bond acceptors (Lipinski definition) is 9.